The molecular formula is C19H16N4OS. The third-order valence-electron chi connectivity index (χ3n) is 3.97. The summed E-state index contributed by atoms with van der Waals surface area (Å²) in [7, 11) is 0. The third-order valence-corrected chi connectivity index (χ3v) is 5.06. The predicted octanol–water partition coefficient (Wildman–Crippen LogP) is 4.36. The second-order valence-electron chi connectivity index (χ2n) is 5.72. The molecule has 1 N–H and O–H groups in total. The molecule has 1 atom stereocenters. The van der Waals surface area contributed by atoms with Gasteiger partial charge in [0.25, 0.3) is 0 Å². The van der Waals surface area contributed by atoms with Crippen LogP contribution in [-0.4, -0.2) is 20.7 Å². The average molecular weight is 348 g/mol. The van der Waals surface area contributed by atoms with Crippen LogP contribution in [0.25, 0.3) is 20.8 Å². The van der Waals surface area contributed by atoms with Gasteiger partial charge >= 0.3 is 0 Å². The lowest BCUT2D eigenvalue weighted by Gasteiger charge is -2.13. The topological polar surface area (TPSA) is 59.8 Å². The molecule has 0 unspecified atom stereocenters. The van der Waals surface area contributed by atoms with Gasteiger partial charge in [-0.25, -0.2) is 4.98 Å². The second kappa shape index (κ2) is 6.49. The van der Waals surface area contributed by atoms with Crippen molar-refractivity contribution in [2.75, 3.05) is 5.32 Å². The Labute approximate surface area is 149 Å². The fourth-order valence-corrected chi connectivity index (χ4v) is 3.56. The fourth-order valence-electron chi connectivity index (χ4n) is 2.60. The second-order valence-corrected chi connectivity index (χ2v) is 6.75. The van der Waals surface area contributed by atoms with Crippen LogP contribution in [0.5, 0.6) is 0 Å². The van der Waals surface area contributed by atoms with E-state index in [1.54, 1.807) is 34.5 Å². The van der Waals surface area contributed by atoms with Crippen LogP contribution in [-0.2, 0) is 4.79 Å². The first-order valence-corrected chi connectivity index (χ1v) is 8.78. The summed E-state index contributed by atoms with van der Waals surface area (Å²) in [6.45, 7) is 1.82. The highest BCUT2D eigenvalue weighted by atomic mass is 32.1. The molecule has 25 heavy (non-hydrogen) atoms. The molecule has 5 nitrogen and oxygen atoms in total. The summed E-state index contributed by atoms with van der Waals surface area (Å²) in [5.41, 5.74) is 2.73. The number of nitrogens with one attached hydrogen (secondary N) is 1. The first kappa shape index (κ1) is 15.5. The summed E-state index contributed by atoms with van der Waals surface area (Å²) in [5, 5.41) is 8.01. The van der Waals surface area contributed by atoms with E-state index >= 15 is 0 Å². The average Bonchev–Trinajstić information content (AvgIpc) is 3.30. The molecular weight excluding hydrogens is 332 g/mol. The van der Waals surface area contributed by atoms with Gasteiger partial charge in [0, 0.05) is 23.6 Å². The highest BCUT2D eigenvalue weighted by Gasteiger charge is 2.15. The number of anilines is 1. The van der Waals surface area contributed by atoms with Crippen molar-refractivity contribution in [1.82, 2.24) is 14.8 Å². The van der Waals surface area contributed by atoms with Crippen molar-refractivity contribution in [1.29, 1.82) is 0 Å². The first-order chi connectivity index (χ1) is 12.2. The van der Waals surface area contributed by atoms with E-state index < -0.39 is 0 Å². The monoisotopic (exact) mass is 348 g/mol. The van der Waals surface area contributed by atoms with Crippen molar-refractivity contribution in [2.24, 2.45) is 0 Å². The number of benzene rings is 2. The van der Waals surface area contributed by atoms with Gasteiger partial charge in [-0.15, -0.1) is 11.3 Å². The Balaban J connectivity index is 1.58. The molecule has 4 rings (SSSR count). The Bertz CT molecular complexity index is 990. The summed E-state index contributed by atoms with van der Waals surface area (Å²) in [6.07, 6.45) is 3.44. The van der Waals surface area contributed by atoms with Crippen molar-refractivity contribution >= 4 is 33.1 Å². The highest BCUT2D eigenvalue weighted by Crippen LogP contribution is 2.31. The van der Waals surface area contributed by atoms with Crippen LogP contribution in [0, 0.1) is 0 Å². The molecule has 0 aliphatic heterocycles. The molecule has 0 aliphatic carbocycles. The standard InChI is InChI=1S/C19H16N4OS/c1-13(23-11-5-10-20-23)18(24)21-15-7-4-6-14(12-15)19-22-16-8-2-3-9-17(16)25-19/h2-13H,1H3,(H,21,24)/t13-/m0/s1. The lowest BCUT2D eigenvalue weighted by atomic mass is 10.2. The van der Waals surface area contributed by atoms with E-state index in [9.17, 15) is 4.79 Å². The zero-order chi connectivity index (χ0) is 17.2. The van der Waals surface area contributed by atoms with Crippen LogP contribution in [0.1, 0.15) is 13.0 Å². The Morgan fingerprint density at radius 2 is 2.04 bits per heavy atom. The highest BCUT2D eigenvalue weighted by molar-refractivity contribution is 7.21. The van der Waals surface area contributed by atoms with Gasteiger partial charge in [0.1, 0.15) is 11.0 Å². The van der Waals surface area contributed by atoms with Crippen LogP contribution in [0.4, 0.5) is 5.69 Å². The van der Waals surface area contributed by atoms with Crippen molar-refractivity contribution in [3.05, 3.63) is 67.0 Å². The Morgan fingerprint density at radius 3 is 2.84 bits per heavy atom. The third kappa shape index (κ3) is 3.16. The van der Waals surface area contributed by atoms with Gasteiger partial charge in [0.05, 0.1) is 10.2 Å². The molecule has 2 heterocycles. The summed E-state index contributed by atoms with van der Waals surface area (Å²) >= 11 is 1.64. The maximum absolute atomic E-state index is 12.4. The van der Waals surface area contributed by atoms with Gasteiger partial charge in [-0.3, -0.25) is 9.48 Å². The molecule has 6 heteroatoms. The summed E-state index contributed by atoms with van der Waals surface area (Å²) in [4.78, 5) is 17.1. The molecule has 124 valence electrons. The number of amides is 1. The number of carbonyl (C=O) groups is 1. The molecule has 0 saturated carbocycles. The van der Waals surface area contributed by atoms with Gasteiger partial charge in [0.15, 0.2) is 0 Å². The zero-order valence-corrected chi connectivity index (χ0v) is 14.4. The molecule has 2 aromatic carbocycles. The Kier molecular flexibility index (Phi) is 4.03. The number of thiazole rings is 1. The number of fused-ring (bicyclic) bond motifs is 1. The van der Waals surface area contributed by atoms with Crippen molar-refractivity contribution < 1.29 is 4.79 Å². The summed E-state index contributed by atoms with van der Waals surface area (Å²) < 4.78 is 2.78. The predicted molar refractivity (Wildman–Crippen MR) is 101 cm³/mol. The van der Waals surface area contributed by atoms with Gasteiger partial charge < -0.3 is 5.32 Å². The van der Waals surface area contributed by atoms with Crippen molar-refractivity contribution in [2.45, 2.75) is 13.0 Å². The van der Waals surface area contributed by atoms with Gasteiger partial charge in [0.2, 0.25) is 5.91 Å². The Hall–Kier alpha value is -2.99. The number of rotatable bonds is 4. The Morgan fingerprint density at radius 1 is 1.16 bits per heavy atom. The van der Waals surface area contributed by atoms with E-state index in [1.807, 2.05) is 49.4 Å². The maximum Gasteiger partial charge on any atom is 0.248 e. The van der Waals surface area contributed by atoms with E-state index in [-0.39, 0.29) is 11.9 Å². The number of hydrogen-bond donors (Lipinski definition) is 1. The molecule has 1 amide bonds. The fraction of sp³-hybridized carbons (Fsp3) is 0.105. The molecule has 0 bridgehead atoms. The van der Waals surface area contributed by atoms with Crippen LogP contribution in [0.2, 0.25) is 0 Å². The van der Waals surface area contributed by atoms with Crippen molar-refractivity contribution in [3.63, 3.8) is 0 Å². The lowest BCUT2D eigenvalue weighted by Crippen LogP contribution is -2.23. The summed E-state index contributed by atoms with van der Waals surface area (Å²) in [6, 6.07) is 17.3. The minimum Gasteiger partial charge on any atom is -0.324 e. The summed E-state index contributed by atoms with van der Waals surface area (Å²) in [5.74, 6) is -0.106. The van der Waals surface area contributed by atoms with Crippen LogP contribution in [0.3, 0.4) is 0 Å². The number of carbonyl (C=O) groups excluding carboxylic acids is 1. The van der Waals surface area contributed by atoms with Gasteiger partial charge in [-0.2, -0.15) is 5.10 Å². The molecule has 0 spiro atoms. The molecule has 0 saturated heterocycles. The van der Waals surface area contributed by atoms with Gasteiger partial charge in [-0.1, -0.05) is 24.3 Å². The van der Waals surface area contributed by atoms with Crippen LogP contribution < -0.4 is 5.32 Å². The van der Waals surface area contributed by atoms with E-state index in [0.717, 1.165) is 26.5 Å². The van der Waals surface area contributed by atoms with E-state index in [0.29, 0.717) is 0 Å². The number of aromatic nitrogens is 3. The minimum absolute atomic E-state index is 0.106. The minimum atomic E-state index is -0.374. The first-order valence-electron chi connectivity index (χ1n) is 7.97. The molecule has 2 aromatic heterocycles. The molecule has 0 fully saturated rings. The smallest absolute Gasteiger partial charge is 0.248 e. The number of para-hydroxylation sites is 1. The van der Waals surface area contributed by atoms with Crippen LogP contribution in [0.15, 0.2) is 67.0 Å². The van der Waals surface area contributed by atoms with Crippen molar-refractivity contribution in [3.8, 4) is 10.6 Å². The normalized spacial score (nSPS) is 12.2. The van der Waals surface area contributed by atoms with Gasteiger partial charge in [-0.05, 0) is 37.3 Å². The number of nitrogens with zero attached hydrogens (tertiary/aromatic N) is 3. The number of hydrogen-bond acceptors (Lipinski definition) is 4. The molecule has 0 radical (unpaired) electrons. The SMILES string of the molecule is C[C@@H](C(=O)Nc1cccc(-c2nc3ccccc3s2)c1)n1cccn1. The van der Waals surface area contributed by atoms with E-state index in [1.165, 1.54) is 0 Å². The maximum atomic E-state index is 12.4. The molecule has 4 aromatic rings. The van der Waals surface area contributed by atoms with E-state index in [4.69, 9.17) is 0 Å². The lowest BCUT2D eigenvalue weighted by molar-refractivity contribution is -0.119. The zero-order valence-electron chi connectivity index (χ0n) is 13.6. The van der Waals surface area contributed by atoms with E-state index in [2.05, 4.69) is 21.5 Å². The van der Waals surface area contributed by atoms with Crippen LogP contribution >= 0.6 is 11.3 Å². The quantitative estimate of drug-likeness (QED) is 0.596. The largest absolute Gasteiger partial charge is 0.324 e. The molecule has 0 aliphatic rings.